The molecule has 2 N–H and O–H groups in total. The lowest BCUT2D eigenvalue weighted by atomic mass is 9.79. The normalized spacial score (nSPS) is 28.3. The van der Waals surface area contributed by atoms with Crippen LogP contribution >= 0.6 is 0 Å². The highest BCUT2D eigenvalue weighted by Gasteiger charge is 2.38. The number of hydrogen-bond donors (Lipinski definition) is 2. The van der Waals surface area contributed by atoms with Gasteiger partial charge in [0.2, 0.25) is 0 Å². The highest BCUT2D eigenvalue weighted by molar-refractivity contribution is 5.25. The topological polar surface area (TPSA) is 41.9 Å². The van der Waals surface area contributed by atoms with Crippen molar-refractivity contribution < 1.29 is 0 Å². The molecule has 1 fully saturated rings. The van der Waals surface area contributed by atoms with E-state index in [0.29, 0.717) is 12.1 Å². The second-order valence-electron chi connectivity index (χ2n) is 8.28. The Labute approximate surface area is 128 Å². The molecule has 1 unspecified atom stereocenters. The van der Waals surface area contributed by atoms with Crippen LogP contribution in [-0.4, -0.2) is 26.9 Å². The van der Waals surface area contributed by atoms with Gasteiger partial charge < -0.3 is 10.6 Å². The van der Waals surface area contributed by atoms with Crippen molar-refractivity contribution in [2.75, 3.05) is 0 Å². The summed E-state index contributed by atoms with van der Waals surface area (Å²) in [4.78, 5) is 0. The second kappa shape index (κ2) is 5.10. The van der Waals surface area contributed by atoms with Gasteiger partial charge in [0.25, 0.3) is 0 Å². The SMILES string of the molecule is Cn1ncc2c1CCCC2NC1CC(C)(C)NC(C)(C)C1. The van der Waals surface area contributed by atoms with Crippen molar-refractivity contribution in [2.45, 2.75) is 83.0 Å². The standard InChI is InChI=1S/C17H30N4/c1-16(2)9-12(10-17(3,4)20-16)19-14-7-6-8-15-13(14)11-18-21(15)5/h11-12,14,19-20H,6-10H2,1-5H3. The largest absolute Gasteiger partial charge is 0.307 e. The van der Waals surface area contributed by atoms with Crippen molar-refractivity contribution in [1.82, 2.24) is 20.4 Å². The van der Waals surface area contributed by atoms with Crippen LogP contribution in [0.2, 0.25) is 0 Å². The average Bonchev–Trinajstić information content (AvgIpc) is 2.68. The fraction of sp³-hybridized carbons (Fsp3) is 0.824. The summed E-state index contributed by atoms with van der Waals surface area (Å²) in [6.07, 6.45) is 8.12. The first kappa shape index (κ1) is 15.0. The van der Waals surface area contributed by atoms with E-state index < -0.39 is 0 Å². The molecule has 0 aromatic carbocycles. The van der Waals surface area contributed by atoms with E-state index in [4.69, 9.17) is 0 Å². The summed E-state index contributed by atoms with van der Waals surface area (Å²) in [5.41, 5.74) is 3.25. The first-order chi connectivity index (χ1) is 9.76. The summed E-state index contributed by atoms with van der Waals surface area (Å²) in [6.45, 7) is 9.27. The van der Waals surface area contributed by atoms with E-state index in [-0.39, 0.29) is 11.1 Å². The number of rotatable bonds is 2. The molecule has 1 atom stereocenters. The molecule has 21 heavy (non-hydrogen) atoms. The predicted molar refractivity (Wildman–Crippen MR) is 86.3 cm³/mol. The van der Waals surface area contributed by atoms with Crippen LogP contribution in [0.3, 0.4) is 0 Å². The van der Waals surface area contributed by atoms with Gasteiger partial charge in [0, 0.05) is 41.5 Å². The zero-order chi connectivity index (χ0) is 15.3. The van der Waals surface area contributed by atoms with Crippen LogP contribution in [0.15, 0.2) is 6.20 Å². The van der Waals surface area contributed by atoms with Crippen molar-refractivity contribution in [3.05, 3.63) is 17.5 Å². The predicted octanol–water partition coefficient (Wildman–Crippen LogP) is 2.70. The van der Waals surface area contributed by atoms with Crippen LogP contribution < -0.4 is 10.6 Å². The maximum absolute atomic E-state index is 4.46. The van der Waals surface area contributed by atoms with Gasteiger partial charge in [-0.1, -0.05) is 0 Å². The van der Waals surface area contributed by atoms with Crippen LogP contribution in [0.1, 0.15) is 70.7 Å². The van der Waals surface area contributed by atoms with Crippen molar-refractivity contribution in [2.24, 2.45) is 7.05 Å². The summed E-state index contributed by atoms with van der Waals surface area (Å²) < 4.78 is 2.06. The van der Waals surface area contributed by atoms with Crippen molar-refractivity contribution >= 4 is 0 Å². The van der Waals surface area contributed by atoms with Gasteiger partial charge in [-0.15, -0.1) is 0 Å². The number of hydrogen-bond acceptors (Lipinski definition) is 3. The minimum Gasteiger partial charge on any atom is -0.307 e. The summed E-state index contributed by atoms with van der Waals surface area (Å²) in [7, 11) is 2.07. The Hall–Kier alpha value is -0.870. The maximum atomic E-state index is 4.46. The van der Waals surface area contributed by atoms with E-state index in [9.17, 15) is 0 Å². The molecule has 1 aromatic rings. The van der Waals surface area contributed by atoms with Crippen LogP contribution in [0.4, 0.5) is 0 Å². The zero-order valence-electron chi connectivity index (χ0n) is 14.2. The molecule has 3 rings (SSSR count). The second-order valence-corrected chi connectivity index (χ2v) is 8.28. The van der Waals surface area contributed by atoms with Crippen LogP contribution in [0.5, 0.6) is 0 Å². The summed E-state index contributed by atoms with van der Waals surface area (Å²) in [5, 5.41) is 12.2. The molecule has 0 saturated carbocycles. The number of aryl methyl sites for hydroxylation is 1. The molecular formula is C17H30N4. The highest BCUT2D eigenvalue weighted by atomic mass is 15.3. The number of nitrogens with one attached hydrogen (secondary N) is 2. The Morgan fingerprint density at radius 2 is 1.90 bits per heavy atom. The van der Waals surface area contributed by atoms with Gasteiger partial charge in [-0.25, -0.2) is 0 Å². The van der Waals surface area contributed by atoms with Gasteiger partial charge in [-0.2, -0.15) is 5.10 Å². The quantitative estimate of drug-likeness (QED) is 0.880. The molecule has 1 aliphatic carbocycles. The minimum absolute atomic E-state index is 0.200. The van der Waals surface area contributed by atoms with E-state index in [2.05, 4.69) is 61.4 Å². The van der Waals surface area contributed by atoms with E-state index in [1.165, 1.54) is 43.4 Å². The van der Waals surface area contributed by atoms with Crippen LogP contribution in [0.25, 0.3) is 0 Å². The first-order valence-corrected chi connectivity index (χ1v) is 8.32. The van der Waals surface area contributed by atoms with E-state index in [0.717, 1.165) is 0 Å². The van der Waals surface area contributed by atoms with Crippen molar-refractivity contribution in [3.63, 3.8) is 0 Å². The summed E-state index contributed by atoms with van der Waals surface area (Å²) in [6, 6.07) is 1.06. The molecular weight excluding hydrogens is 260 g/mol. The van der Waals surface area contributed by atoms with Gasteiger partial charge in [0.1, 0.15) is 0 Å². The third-order valence-electron chi connectivity index (χ3n) is 5.00. The molecule has 0 radical (unpaired) electrons. The van der Waals surface area contributed by atoms with E-state index >= 15 is 0 Å². The summed E-state index contributed by atoms with van der Waals surface area (Å²) >= 11 is 0. The van der Waals surface area contributed by atoms with E-state index in [1.807, 2.05) is 0 Å². The molecule has 1 aliphatic heterocycles. The fourth-order valence-electron chi connectivity index (χ4n) is 4.60. The molecule has 118 valence electrons. The fourth-order valence-corrected chi connectivity index (χ4v) is 4.60. The van der Waals surface area contributed by atoms with Gasteiger partial charge in [-0.3, -0.25) is 4.68 Å². The third-order valence-corrected chi connectivity index (χ3v) is 5.00. The Balaban J connectivity index is 1.75. The Morgan fingerprint density at radius 3 is 2.57 bits per heavy atom. The average molecular weight is 290 g/mol. The lowest BCUT2D eigenvalue weighted by Crippen LogP contribution is -2.61. The maximum Gasteiger partial charge on any atom is 0.0540 e. The molecule has 0 spiro atoms. The molecule has 0 amide bonds. The lowest BCUT2D eigenvalue weighted by molar-refractivity contribution is 0.137. The molecule has 1 aromatic heterocycles. The molecule has 1 saturated heterocycles. The molecule has 4 nitrogen and oxygen atoms in total. The van der Waals surface area contributed by atoms with Crippen molar-refractivity contribution in [1.29, 1.82) is 0 Å². The third kappa shape index (κ3) is 3.16. The van der Waals surface area contributed by atoms with E-state index in [1.54, 1.807) is 0 Å². The first-order valence-electron chi connectivity index (χ1n) is 8.32. The Morgan fingerprint density at radius 1 is 1.24 bits per heavy atom. The number of piperidine rings is 1. The van der Waals surface area contributed by atoms with Crippen LogP contribution in [0, 0.1) is 0 Å². The minimum atomic E-state index is 0.200. The zero-order valence-corrected chi connectivity index (χ0v) is 14.2. The lowest BCUT2D eigenvalue weighted by Gasteiger charge is -2.47. The number of aromatic nitrogens is 2. The number of fused-ring (bicyclic) bond motifs is 1. The number of nitrogens with zero attached hydrogens (tertiary/aromatic N) is 2. The Bertz CT molecular complexity index is 499. The molecule has 0 bridgehead atoms. The van der Waals surface area contributed by atoms with Crippen molar-refractivity contribution in [3.8, 4) is 0 Å². The van der Waals surface area contributed by atoms with Gasteiger partial charge in [0.05, 0.1) is 6.20 Å². The molecule has 2 heterocycles. The van der Waals surface area contributed by atoms with Crippen LogP contribution in [-0.2, 0) is 13.5 Å². The summed E-state index contributed by atoms with van der Waals surface area (Å²) in [5.74, 6) is 0. The van der Waals surface area contributed by atoms with Gasteiger partial charge in [0.15, 0.2) is 0 Å². The molecule has 2 aliphatic rings. The monoisotopic (exact) mass is 290 g/mol. The highest BCUT2D eigenvalue weighted by Crippen LogP contribution is 2.34. The van der Waals surface area contributed by atoms with Gasteiger partial charge >= 0.3 is 0 Å². The smallest absolute Gasteiger partial charge is 0.0540 e. The van der Waals surface area contributed by atoms with Gasteiger partial charge in [-0.05, 0) is 59.8 Å². The Kier molecular flexibility index (Phi) is 3.65. The molecule has 4 heteroatoms.